The van der Waals surface area contributed by atoms with E-state index in [0.717, 1.165) is 12.5 Å². The van der Waals surface area contributed by atoms with Crippen LogP contribution < -0.4 is 15.4 Å². The van der Waals surface area contributed by atoms with Gasteiger partial charge in [0.1, 0.15) is 5.75 Å². The van der Waals surface area contributed by atoms with E-state index in [0.29, 0.717) is 6.42 Å². The van der Waals surface area contributed by atoms with Crippen molar-refractivity contribution in [3.05, 3.63) is 24.3 Å². The molecule has 1 aliphatic rings. The molecule has 1 aromatic carbocycles. The van der Waals surface area contributed by atoms with Gasteiger partial charge in [-0.2, -0.15) is 0 Å². The second-order valence-electron chi connectivity index (χ2n) is 8.87. The van der Waals surface area contributed by atoms with Crippen LogP contribution in [0.25, 0.3) is 0 Å². The molecule has 1 aliphatic heterocycles. The number of nitrogens with one attached hydrogen (secondary N) is 2. The average molecular weight is 419 g/mol. The summed E-state index contributed by atoms with van der Waals surface area (Å²) in [6.45, 7) is 10.5. The number of carbonyl (C=O) groups is 1. The van der Waals surface area contributed by atoms with Crippen molar-refractivity contribution in [2.24, 2.45) is 0 Å². The zero-order chi connectivity index (χ0) is 21.2. The zero-order valence-electron chi connectivity index (χ0n) is 16.9. The third kappa shape index (κ3) is 7.10. The number of hydrogen-bond acceptors (Lipinski definition) is 4. The summed E-state index contributed by atoms with van der Waals surface area (Å²) >= 11 is 0. The number of benzene rings is 1. The fraction of sp³-hybridized carbons (Fsp3) is 0.632. The predicted molar refractivity (Wildman–Crippen MR) is 105 cm³/mol. The quantitative estimate of drug-likeness (QED) is 0.691. The maximum atomic E-state index is 12.5. The molecule has 0 spiro atoms. The first-order valence-corrected chi connectivity index (χ1v) is 10.6. The Morgan fingerprint density at radius 1 is 1.18 bits per heavy atom. The van der Waals surface area contributed by atoms with Gasteiger partial charge in [0.15, 0.2) is 9.76 Å². The Hall–Kier alpha value is -1.58. The summed E-state index contributed by atoms with van der Waals surface area (Å²) in [5.41, 5.74) is -0.123. The fourth-order valence-corrected chi connectivity index (χ4v) is 4.01. The van der Waals surface area contributed by atoms with E-state index < -0.39 is 22.2 Å². The molecule has 1 saturated heterocycles. The van der Waals surface area contributed by atoms with Gasteiger partial charge in [-0.05, 0) is 43.9 Å². The predicted octanol–water partition coefficient (Wildman–Crippen LogP) is 3.74. The Kier molecular flexibility index (Phi) is 6.83. The molecule has 0 radical (unpaired) electrons. The molecule has 2 N–H and O–H groups in total. The molecule has 0 saturated carbocycles. The largest absolute Gasteiger partial charge is 0.573 e. The van der Waals surface area contributed by atoms with Crippen LogP contribution in [0.1, 0.15) is 47.5 Å². The standard InChI is InChI=1S/C19H29F3N2O3Si/c1-17(2,3)28-27-18(4,5)15-10-9-14(24-15)16(25)23-12-7-6-8-13(11-12)26-19(20,21)22/h6-8,11,14-15,24H,9-10,28H2,1-5H3,(H,23,25)/t14-,15+/m0/s1. The van der Waals surface area contributed by atoms with Gasteiger partial charge in [0.05, 0.1) is 11.6 Å². The van der Waals surface area contributed by atoms with Crippen molar-refractivity contribution in [2.45, 2.75) is 76.5 Å². The smallest absolute Gasteiger partial charge is 0.417 e. The van der Waals surface area contributed by atoms with Crippen LogP contribution in [-0.2, 0) is 9.22 Å². The number of amides is 1. The molecule has 2 atom stereocenters. The second kappa shape index (κ2) is 8.42. The highest BCUT2D eigenvalue weighted by Crippen LogP contribution is 2.30. The van der Waals surface area contributed by atoms with Crippen LogP contribution in [0.5, 0.6) is 5.75 Å². The molecule has 0 aliphatic carbocycles. The van der Waals surface area contributed by atoms with Crippen molar-refractivity contribution in [1.29, 1.82) is 0 Å². The minimum absolute atomic E-state index is 0.0398. The molecule has 28 heavy (non-hydrogen) atoms. The van der Waals surface area contributed by atoms with Crippen molar-refractivity contribution in [3.8, 4) is 5.75 Å². The lowest BCUT2D eigenvalue weighted by atomic mass is 9.98. The molecule has 1 aromatic rings. The Balaban J connectivity index is 1.93. The number of anilines is 1. The minimum Gasteiger partial charge on any atom is -0.417 e. The molecule has 9 heteroatoms. The summed E-state index contributed by atoms with van der Waals surface area (Å²) in [4.78, 5) is 12.5. The van der Waals surface area contributed by atoms with Gasteiger partial charge in [-0.1, -0.05) is 26.8 Å². The summed E-state index contributed by atoms with van der Waals surface area (Å²) in [6.07, 6.45) is -3.34. The maximum absolute atomic E-state index is 12.5. The number of carbonyl (C=O) groups excluding carboxylic acids is 1. The van der Waals surface area contributed by atoms with Crippen LogP contribution in [0.4, 0.5) is 18.9 Å². The molecule has 158 valence electrons. The molecular weight excluding hydrogens is 389 g/mol. The van der Waals surface area contributed by atoms with Gasteiger partial charge in [-0.15, -0.1) is 13.2 Å². The van der Waals surface area contributed by atoms with Crippen LogP contribution in [0.3, 0.4) is 0 Å². The Bertz CT molecular complexity index is 690. The molecule has 2 rings (SSSR count). The first-order valence-electron chi connectivity index (χ1n) is 9.32. The molecule has 5 nitrogen and oxygen atoms in total. The normalized spacial score (nSPS) is 21.3. The summed E-state index contributed by atoms with van der Waals surface area (Å²) in [5.74, 6) is -0.653. The van der Waals surface area contributed by atoms with Gasteiger partial charge in [0, 0.05) is 17.8 Å². The fourth-order valence-electron chi connectivity index (χ4n) is 3.00. The molecule has 1 fully saturated rings. The van der Waals surface area contributed by atoms with E-state index in [1.54, 1.807) is 0 Å². The lowest BCUT2D eigenvalue weighted by Gasteiger charge is -2.35. The highest BCUT2D eigenvalue weighted by molar-refractivity contribution is 6.31. The van der Waals surface area contributed by atoms with E-state index in [9.17, 15) is 18.0 Å². The van der Waals surface area contributed by atoms with Gasteiger partial charge < -0.3 is 19.8 Å². The van der Waals surface area contributed by atoms with Crippen molar-refractivity contribution in [1.82, 2.24) is 5.32 Å². The van der Waals surface area contributed by atoms with Gasteiger partial charge in [-0.3, -0.25) is 4.79 Å². The lowest BCUT2D eigenvalue weighted by molar-refractivity contribution is -0.274. The minimum atomic E-state index is -4.77. The van der Waals surface area contributed by atoms with Gasteiger partial charge in [-0.25, -0.2) is 0 Å². The zero-order valence-corrected chi connectivity index (χ0v) is 18.4. The van der Waals surface area contributed by atoms with E-state index >= 15 is 0 Å². The van der Waals surface area contributed by atoms with E-state index in [1.165, 1.54) is 18.2 Å². The van der Waals surface area contributed by atoms with Crippen LogP contribution in [0.2, 0.25) is 5.04 Å². The number of rotatable bonds is 6. The van der Waals surface area contributed by atoms with Crippen molar-refractivity contribution in [2.75, 3.05) is 5.32 Å². The van der Waals surface area contributed by atoms with Crippen LogP contribution in [0.15, 0.2) is 24.3 Å². The van der Waals surface area contributed by atoms with Gasteiger partial charge >= 0.3 is 6.36 Å². The number of hydrogen-bond donors (Lipinski definition) is 2. The van der Waals surface area contributed by atoms with E-state index in [2.05, 4.69) is 36.1 Å². The molecular formula is C19H29F3N2O3Si. The van der Waals surface area contributed by atoms with E-state index in [4.69, 9.17) is 4.43 Å². The summed E-state index contributed by atoms with van der Waals surface area (Å²) < 4.78 is 47.1. The first kappa shape index (κ1) is 22.7. The maximum Gasteiger partial charge on any atom is 0.573 e. The third-order valence-corrected chi connectivity index (χ3v) is 6.27. The van der Waals surface area contributed by atoms with Crippen molar-refractivity contribution in [3.63, 3.8) is 0 Å². The Labute approximate surface area is 166 Å². The molecule has 1 amide bonds. The Morgan fingerprint density at radius 3 is 2.46 bits per heavy atom. The highest BCUT2D eigenvalue weighted by Gasteiger charge is 2.39. The number of ether oxygens (including phenoxy) is 1. The molecule has 1 heterocycles. The van der Waals surface area contributed by atoms with Crippen LogP contribution in [-0.4, -0.2) is 39.7 Å². The van der Waals surface area contributed by atoms with Gasteiger partial charge in [0.2, 0.25) is 5.91 Å². The lowest BCUT2D eigenvalue weighted by Crippen LogP contribution is -2.50. The third-order valence-electron chi connectivity index (χ3n) is 4.51. The van der Waals surface area contributed by atoms with Crippen LogP contribution >= 0.6 is 0 Å². The number of alkyl halides is 3. The van der Waals surface area contributed by atoms with Crippen molar-refractivity contribution >= 4 is 21.4 Å². The average Bonchev–Trinajstić information content (AvgIpc) is 3.02. The molecule has 0 aromatic heterocycles. The summed E-state index contributed by atoms with van der Waals surface area (Å²) in [6, 6.07) is 4.88. The van der Waals surface area contributed by atoms with Gasteiger partial charge in [0.25, 0.3) is 0 Å². The molecule has 0 unspecified atom stereocenters. The van der Waals surface area contributed by atoms with Crippen molar-refractivity contribution < 1.29 is 27.1 Å². The molecule has 0 bridgehead atoms. The monoisotopic (exact) mass is 418 g/mol. The topological polar surface area (TPSA) is 59.6 Å². The Morgan fingerprint density at radius 2 is 1.86 bits per heavy atom. The number of halogens is 3. The summed E-state index contributed by atoms with van der Waals surface area (Å²) in [5, 5.41) is 6.15. The van der Waals surface area contributed by atoms with Crippen LogP contribution in [0, 0.1) is 0 Å². The highest BCUT2D eigenvalue weighted by atomic mass is 28.2. The summed E-state index contributed by atoms with van der Waals surface area (Å²) in [7, 11) is -0.737. The van der Waals surface area contributed by atoms with E-state index in [1.807, 2.05) is 13.8 Å². The SMILES string of the molecule is CC(C)(C)[SiH2]OC(C)(C)[C@H]1CC[C@@H](C(=O)Nc2cccc(OC(F)(F)F)c2)N1. The second-order valence-corrected chi connectivity index (χ2v) is 11.6. The first-order chi connectivity index (χ1) is 12.8. The van der Waals surface area contributed by atoms with E-state index in [-0.39, 0.29) is 34.0 Å².